The number of aromatic nitrogens is 2. The lowest BCUT2D eigenvalue weighted by Gasteiger charge is -2.25. The summed E-state index contributed by atoms with van der Waals surface area (Å²) in [4.78, 5) is 8.18. The summed E-state index contributed by atoms with van der Waals surface area (Å²) >= 11 is 0. The second kappa shape index (κ2) is 5.65. The molecule has 5 nitrogen and oxygen atoms in total. The van der Waals surface area contributed by atoms with E-state index in [0.29, 0.717) is 13.2 Å². The minimum absolute atomic E-state index is 0.195. The Bertz CT molecular complexity index is 328. The summed E-state index contributed by atoms with van der Waals surface area (Å²) in [5, 5.41) is 6.20. The van der Waals surface area contributed by atoms with E-state index in [1.807, 2.05) is 33.9 Å². The summed E-state index contributed by atoms with van der Waals surface area (Å²) in [7, 11) is 1.83. The van der Waals surface area contributed by atoms with E-state index in [1.54, 1.807) is 0 Å². The lowest BCUT2D eigenvalue weighted by Crippen LogP contribution is -2.33. The second-order valence-corrected chi connectivity index (χ2v) is 4.08. The van der Waals surface area contributed by atoms with Crippen molar-refractivity contribution in [3.63, 3.8) is 0 Å². The van der Waals surface area contributed by atoms with Crippen LogP contribution in [0.5, 0.6) is 0 Å². The van der Waals surface area contributed by atoms with Gasteiger partial charge in [-0.2, -0.15) is 0 Å². The predicted octanol–water partition coefficient (Wildman–Crippen LogP) is 1.75. The Morgan fingerprint density at radius 3 is 2.62 bits per heavy atom. The third kappa shape index (κ3) is 4.02. The van der Waals surface area contributed by atoms with Gasteiger partial charge in [-0.25, -0.2) is 9.97 Å². The van der Waals surface area contributed by atoms with Gasteiger partial charge < -0.3 is 15.4 Å². The lowest BCUT2D eigenvalue weighted by molar-refractivity contribution is 0.000641. The first-order valence-electron chi connectivity index (χ1n) is 5.45. The van der Waals surface area contributed by atoms with E-state index in [-0.39, 0.29) is 5.60 Å². The Balaban J connectivity index is 2.53. The second-order valence-electron chi connectivity index (χ2n) is 4.08. The number of rotatable bonds is 6. The molecule has 0 amide bonds. The number of hydrogen-bond acceptors (Lipinski definition) is 5. The van der Waals surface area contributed by atoms with Crippen molar-refractivity contribution in [1.82, 2.24) is 9.97 Å². The van der Waals surface area contributed by atoms with Crippen LogP contribution in [-0.4, -0.2) is 35.8 Å². The van der Waals surface area contributed by atoms with E-state index in [0.717, 1.165) is 11.6 Å². The molecule has 2 N–H and O–H groups in total. The van der Waals surface area contributed by atoms with Crippen molar-refractivity contribution < 1.29 is 4.74 Å². The van der Waals surface area contributed by atoms with Gasteiger partial charge in [-0.1, -0.05) is 0 Å². The van der Waals surface area contributed by atoms with Gasteiger partial charge in [-0.15, -0.1) is 0 Å². The van der Waals surface area contributed by atoms with Crippen LogP contribution in [0, 0.1) is 0 Å². The third-order valence-corrected chi connectivity index (χ3v) is 2.15. The normalized spacial score (nSPS) is 11.2. The number of ether oxygens (including phenoxy) is 1. The van der Waals surface area contributed by atoms with E-state index in [2.05, 4.69) is 20.6 Å². The Morgan fingerprint density at radius 1 is 1.31 bits per heavy atom. The van der Waals surface area contributed by atoms with Crippen molar-refractivity contribution in [2.24, 2.45) is 0 Å². The molecule has 0 aliphatic rings. The molecule has 0 aliphatic heterocycles. The molecule has 1 aromatic rings. The van der Waals surface area contributed by atoms with Crippen LogP contribution < -0.4 is 10.6 Å². The predicted molar refractivity (Wildman–Crippen MR) is 65.8 cm³/mol. The van der Waals surface area contributed by atoms with Crippen LogP contribution in [0.4, 0.5) is 11.6 Å². The highest BCUT2D eigenvalue weighted by Crippen LogP contribution is 2.12. The van der Waals surface area contributed by atoms with Gasteiger partial charge in [0.25, 0.3) is 0 Å². The zero-order valence-corrected chi connectivity index (χ0v) is 10.4. The molecule has 1 aromatic heterocycles. The van der Waals surface area contributed by atoms with Crippen molar-refractivity contribution in [1.29, 1.82) is 0 Å². The van der Waals surface area contributed by atoms with Crippen LogP contribution >= 0.6 is 0 Å². The minimum Gasteiger partial charge on any atom is -0.374 e. The first kappa shape index (κ1) is 12.7. The molecule has 0 saturated carbocycles. The van der Waals surface area contributed by atoms with E-state index in [4.69, 9.17) is 4.74 Å². The maximum absolute atomic E-state index is 5.59. The summed E-state index contributed by atoms with van der Waals surface area (Å²) in [6.07, 6.45) is 1.53. The van der Waals surface area contributed by atoms with Gasteiger partial charge in [0.2, 0.25) is 0 Å². The van der Waals surface area contributed by atoms with E-state index in [9.17, 15) is 0 Å². The van der Waals surface area contributed by atoms with Gasteiger partial charge >= 0.3 is 0 Å². The molecule has 0 atom stereocenters. The van der Waals surface area contributed by atoms with Gasteiger partial charge in [0, 0.05) is 26.3 Å². The maximum Gasteiger partial charge on any atom is 0.131 e. The van der Waals surface area contributed by atoms with Crippen LogP contribution in [-0.2, 0) is 4.74 Å². The highest BCUT2D eigenvalue weighted by molar-refractivity contribution is 5.46. The van der Waals surface area contributed by atoms with E-state index >= 15 is 0 Å². The fraction of sp³-hybridized carbons (Fsp3) is 0.636. The maximum atomic E-state index is 5.59. The van der Waals surface area contributed by atoms with Crippen LogP contribution in [0.15, 0.2) is 12.4 Å². The van der Waals surface area contributed by atoms with Gasteiger partial charge in [0.1, 0.15) is 18.0 Å². The number of nitrogens with zero attached hydrogens (tertiary/aromatic N) is 2. The van der Waals surface area contributed by atoms with Crippen molar-refractivity contribution in [3.8, 4) is 0 Å². The summed E-state index contributed by atoms with van der Waals surface area (Å²) in [5.41, 5.74) is -0.195. The summed E-state index contributed by atoms with van der Waals surface area (Å²) in [6, 6.07) is 1.86. The fourth-order valence-corrected chi connectivity index (χ4v) is 1.34. The molecular formula is C11H20N4O. The minimum atomic E-state index is -0.195. The smallest absolute Gasteiger partial charge is 0.131 e. The van der Waals surface area contributed by atoms with Gasteiger partial charge in [-0.05, 0) is 20.8 Å². The highest BCUT2D eigenvalue weighted by atomic mass is 16.5. The topological polar surface area (TPSA) is 59.1 Å². The molecule has 0 spiro atoms. The molecule has 5 heteroatoms. The zero-order valence-electron chi connectivity index (χ0n) is 10.4. The SMILES string of the molecule is CCOC(C)(C)CNc1cc(NC)ncn1. The van der Waals surface area contributed by atoms with Crippen molar-refractivity contribution in [2.45, 2.75) is 26.4 Å². The summed E-state index contributed by atoms with van der Waals surface area (Å²) in [6.45, 7) is 7.50. The molecule has 16 heavy (non-hydrogen) atoms. The zero-order chi connectivity index (χ0) is 12.0. The van der Waals surface area contributed by atoms with E-state index < -0.39 is 0 Å². The number of nitrogens with one attached hydrogen (secondary N) is 2. The number of hydrogen-bond donors (Lipinski definition) is 2. The average molecular weight is 224 g/mol. The first-order valence-corrected chi connectivity index (χ1v) is 5.45. The molecule has 0 bridgehead atoms. The van der Waals surface area contributed by atoms with Gasteiger partial charge in [-0.3, -0.25) is 0 Å². The molecule has 0 aromatic carbocycles. The fourth-order valence-electron chi connectivity index (χ4n) is 1.34. The number of anilines is 2. The lowest BCUT2D eigenvalue weighted by atomic mass is 10.1. The highest BCUT2D eigenvalue weighted by Gasteiger charge is 2.17. The van der Waals surface area contributed by atoms with Crippen molar-refractivity contribution >= 4 is 11.6 Å². The quantitative estimate of drug-likeness (QED) is 0.771. The Labute approximate surface area is 96.6 Å². The van der Waals surface area contributed by atoms with E-state index in [1.165, 1.54) is 6.33 Å². The summed E-state index contributed by atoms with van der Waals surface area (Å²) in [5.74, 6) is 1.60. The first-order chi connectivity index (χ1) is 7.57. The Kier molecular flexibility index (Phi) is 4.49. The van der Waals surface area contributed by atoms with Crippen LogP contribution in [0.25, 0.3) is 0 Å². The molecule has 0 saturated heterocycles. The average Bonchev–Trinajstić information content (AvgIpc) is 2.27. The van der Waals surface area contributed by atoms with Gasteiger partial charge in [0.15, 0.2) is 0 Å². The van der Waals surface area contributed by atoms with Crippen molar-refractivity contribution in [3.05, 3.63) is 12.4 Å². The Hall–Kier alpha value is -1.36. The molecule has 1 heterocycles. The largest absolute Gasteiger partial charge is 0.374 e. The molecular weight excluding hydrogens is 204 g/mol. The van der Waals surface area contributed by atoms with Crippen LogP contribution in [0.2, 0.25) is 0 Å². The Morgan fingerprint density at radius 2 is 2.00 bits per heavy atom. The molecule has 0 radical (unpaired) electrons. The van der Waals surface area contributed by atoms with Crippen LogP contribution in [0.1, 0.15) is 20.8 Å². The molecule has 0 unspecified atom stereocenters. The summed E-state index contributed by atoms with van der Waals surface area (Å²) < 4.78 is 5.59. The molecule has 0 fully saturated rings. The standard InChI is InChI=1S/C11H20N4O/c1-5-16-11(2,3)7-13-10-6-9(12-4)14-8-15-10/h6,8H,5,7H2,1-4H3,(H2,12,13,14,15). The van der Waals surface area contributed by atoms with Crippen LogP contribution in [0.3, 0.4) is 0 Å². The molecule has 90 valence electrons. The molecule has 0 aliphatic carbocycles. The third-order valence-electron chi connectivity index (χ3n) is 2.15. The van der Waals surface area contributed by atoms with Gasteiger partial charge in [0.05, 0.1) is 5.60 Å². The monoisotopic (exact) mass is 224 g/mol. The van der Waals surface area contributed by atoms with Crippen molar-refractivity contribution in [2.75, 3.05) is 30.8 Å². The molecule has 1 rings (SSSR count).